The zero-order valence-electron chi connectivity index (χ0n) is 10.2. The maximum absolute atomic E-state index is 9.95. The molecule has 1 fully saturated rings. The highest BCUT2D eigenvalue weighted by Crippen LogP contribution is 2.30. The molecule has 0 aromatic heterocycles. The fourth-order valence-corrected chi connectivity index (χ4v) is 2.18. The molecule has 0 atom stereocenters. The van der Waals surface area contributed by atoms with Crippen LogP contribution in [0.5, 0.6) is 0 Å². The third-order valence-electron chi connectivity index (χ3n) is 3.56. The first kappa shape index (κ1) is 11.6. The number of hydrogen-bond donors (Lipinski definition) is 2. The van der Waals surface area contributed by atoms with E-state index in [0.717, 1.165) is 25.9 Å². The van der Waals surface area contributed by atoms with Crippen molar-refractivity contribution in [3.8, 4) is 0 Å². The molecule has 88 valence electrons. The fourth-order valence-electron chi connectivity index (χ4n) is 2.18. The maximum atomic E-state index is 9.95. The molecule has 0 saturated heterocycles. The predicted octanol–water partition coefficient (Wildman–Crippen LogP) is 2.31. The SMILES string of the molecule is Cc1ccc(C)c(CNCC2(O)CCC2)c1. The summed E-state index contributed by atoms with van der Waals surface area (Å²) >= 11 is 0. The molecule has 0 amide bonds. The number of nitrogens with one attached hydrogen (secondary N) is 1. The maximum Gasteiger partial charge on any atom is 0.0771 e. The van der Waals surface area contributed by atoms with Crippen LogP contribution in [0.1, 0.15) is 36.0 Å². The van der Waals surface area contributed by atoms with Crippen LogP contribution in [0.3, 0.4) is 0 Å². The summed E-state index contributed by atoms with van der Waals surface area (Å²) in [7, 11) is 0. The van der Waals surface area contributed by atoms with Crippen LogP contribution in [0.2, 0.25) is 0 Å². The molecule has 2 nitrogen and oxygen atoms in total. The number of aryl methyl sites for hydroxylation is 2. The van der Waals surface area contributed by atoms with Gasteiger partial charge >= 0.3 is 0 Å². The average molecular weight is 219 g/mol. The first-order valence-corrected chi connectivity index (χ1v) is 6.08. The van der Waals surface area contributed by atoms with Crippen LogP contribution >= 0.6 is 0 Å². The van der Waals surface area contributed by atoms with Gasteiger partial charge in [0, 0.05) is 13.1 Å². The Balaban J connectivity index is 1.87. The van der Waals surface area contributed by atoms with E-state index in [-0.39, 0.29) is 0 Å². The van der Waals surface area contributed by atoms with E-state index in [4.69, 9.17) is 0 Å². The number of aliphatic hydroxyl groups is 1. The number of benzene rings is 1. The van der Waals surface area contributed by atoms with Crippen LogP contribution in [0.15, 0.2) is 18.2 Å². The lowest BCUT2D eigenvalue weighted by molar-refractivity contribution is -0.0314. The summed E-state index contributed by atoms with van der Waals surface area (Å²) in [6, 6.07) is 6.51. The minimum Gasteiger partial charge on any atom is -0.389 e. The Morgan fingerprint density at radius 3 is 2.69 bits per heavy atom. The molecule has 0 spiro atoms. The zero-order valence-corrected chi connectivity index (χ0v) is 10.2. The molecule has 0 heterocycles. The lowest BCUT2D eigenvalue weighted by Gasteiger charge is -2.36. The minimum absolute atomic E-state index is 0.419. The van der Waals surface area contributed by atoms with Gasteiger partial charge in [-0.1, -0.05) is 23.8 Å². The zero-order chi connectivity index (χ0) is 11.6. The normalized spacial score (nSPS) is 18.2. The standard InChI is InChI=1S/C14H21NO/c1-11-4-5-12(2)13(8-11)9-15-10-14(16)6-3-7-14/h4-5,8,15-16H,3,6-7,9-10H2,1-2H3. The van der Waals surface area contributed by atoms with Gasteiger partial charge in [0.1, 0.15) is 0 Å². The van der Waals surface area contributed by atoms with Crippen molar-refractivity contribution in [2.45, 2.75) is 45.3 Å². The van der Waals surface area contributed by atoms with Crippen LogP contribution in [-0.4, -0.2) is 17.3 Å². The van der Waals surface area contributed by atoms with E-state index in [1.807, 2.05) is 0 Å². The predicted molar refractivity (Wildman–Crippen MR) is 66.4 cm³/mol. The summed E-state index contributed by atoms with van der Waals surface area (Å²) in [5, 5.41) is 13.3. The molecule has 2 heteroatoms. The van der Waals surface area contributed by atoms with E-state index in [1.54, 1.807) is 0 Å². The topological polar surface area (TPSA) is 32.3 Å². The van der Waals surface area contributed by atoms with Crippen molar-refractivity contribution in [1.82, 2.24) is 5.32 Å². The van der Waals surface area contributed by atoms with E-state index in [2.05, 4.69) is 37.4 Å². The van der Waals surface area contributed by atoms with Gasteiger partial charge in [0.15, 0.2) is 0 Å². The summed E-state index contributed by atoms with van der Waals surface area (Å²) in [6.45, 7) is 5.83. The van der Waals surface area contributed by atoms with Gasteiger partial charge in [-0.05, 0) is 44.2 Å². The molecule has 0 radical (unpaired) electrons. The molecular formula is C14H21NO. The van der Waals surface area contributed by atoms with Crippen molar-refractivity contribution in [2.24, 2.45) is 0 Å². The summed E-state index contributed by atoms with van der Waals surface area (Å²) in [5.74, 6) is 0. The van der Waals surface area contributed by atoms with Crippen molar-refractivity contribution >= 4 is 0 Å². The van der Waals surface area contributed by atoms with Gasteiger partial charge in [-0.15, -0.1) is 0 Å². The van der Waals surface area contributed by atoms with Gasteiger partial charge < -0.3 is 10.4 Å². The van der Waals surface area contributed by atoms with Gasteiger partial charge in [0.2, 0.25) is 0 Å². The molecule has 0 unspecified atom stereocenters. The smallest absolute Gasteiger partial charge is 0.0771 e. The van der Waals surface area contributed by atoms with E-state index in [1.165, 1.54) is 23.1 Å². The summed E-state index contributed by atoms with van der Waals surface area (Å²) in [5.41, 5.74) is 3.53. The Kier molecular flexibility index (Phi) is 3.31. The molecule has 16 heavy (non-hydrogen) atoms. The first-order chi connectivity index (χ1) is 7.59. The quantitative estimate of drug-likeness (QED) is 0.814. The molecule has 2 rings (SSSR count). The van der Waals surface area contributed by atoms with Gasteiger partial charge in [-0.3, -0.25) is 0 Å². The second-order valence-electron chi connectivity index (χ2n) is 5.11. The lowest BCUT2D eigenvalue weighted by Crippen LogP contribution is -2.46. The first-order valence-electron chi connectivity index (χ1n) is 6.08. The van der Waals surface area contributed by atoms with Gasteiger partial charge in [-0.2, -0.15) is 0 Å². The second kappa shape index (κ2) is 4.56. The van der Waals surface area contributed by atoms with E-state index in [9.17, 15) is 5.11 Å². The Bertz CT molecular complexity index is 369. The molecule has 0 aliphatic heterocycles. The molecule has 1 aliphatic rings. The van der Waals surface area contributed by atoms with E-state index >= 15 is 0 Å². The lowest BCUT2D eigenvalue weighted by atomic mass is 9.80. The largest absolute Gasteiger partial charge is 0.389 e. The molecular weight excluding hydrogens is 198 g/mol. The van der Waals surface area contributed by atoms with Crippen LogP contribution in [0.4, 0.5) is 0 Å². The van der Waals surface area contributed by atoms with E-state index < -0.39 is 5.60 Å². The monoisotopic (exact) mass is 219 g/mol. The van der Waals surface area contributed by atoms with Crippen LogP contribution < -0.4 is 5.32 Å². The van der Waals surface area contributed by atoms with Gasteiger partial charge in [0.05, 0.1) is 5.60 Å². The second-order valence-corrected chi connectivity index (χ2v) is 5.11. The van der Waals surface area contributed by atoms with Crippen LogP contribution in [0, 0.1) is 13.8 Å². The number of hydrogen-bond acceptors (Lipinski definition) is 2. The summed E-state index contributed by atoms with van der Waals surface area (Å²) < 4.78 is 0. The summed E-state index contributed by atoms with van der Waals surface area (Å²) in [4.78, 5) is 0. The minimum atomic E-state index is -0.419. The van der Waals surface area contributed by atoms with E-state index in [0.29, 0.717) is 0 Å². The highest BCUT2D eigenvalue weighted by Gasteiger charge is 2.33. The van der Waals surface area contributed by atoms with Crippen molar-refractivity contribution < 1.29 is 5.11 Å². The number of rotatable bonds is 4. The fraction of sp³-hybridized carbons (Fsp3) is 0.571. The Morgan fingerprint density at radius 2 is 2.06 bits per heavy atom. The highest BCUT2D eigenvalue weighted by molar-refractivity contribution is 5.30. The Labute approximate surface area is 97.7 Å². The molecule has 1 saturated carbocycles. The van der Waals surface area contributed by atoms with Gasteiger partial charge in [-0.25, -0.2) is 0 Å². The summed E-state index contributed by atoms with van der Waals surface area (Å²) in [6.07, 6.45) is 3.07. The highest BCUT2D eigenvalue weighted by atomic mass is 16.3. The van der Waals surface area contributed by atoms with Gasteiger partial charge in [0.25, 0.3) is 0 Å². The molecule has 1 aromatic rings. The molecule has 2 N–H and O–H groups in total. The van der Waals surface area contributed by atoms with Crippen LogP contribution in [-0.2, 0) is 6.54 Å². The Morgan fingerprint density at radius 1 is 1.31 bits per heavy atom. The third-order valence-corrected chi connectivity index (χ3v) is 3.56. The Hall–Kier alpha value is -0.860. The average Bonchev–Trinajstić information content (AvgIpc) is 2.21. The molecule has 1 aromatic carbocycles. The van der Waals surface area contributed by atoms with Crippen molar-refractivity contribution in [2.75, 3.05) is 6.54 Å². The molecule has 0 bridgehead atoms. The molecule has 1 aliphatic carbocycles. The van der Waals surface area contributed by atoms with Crippen molar-refractivity contribution in [1.29, 1.82) is 0 Å². The third kappa shape index (κ3) is 2.63. The van der Waals surface area contributed by atoms with Crippen molar-refractivity contribution in [3.63, 3.8) is 0 Å². The van der Waals surface area contributed by atoms with Crippen molar-refractivity contribution in [3.05, 3.63) is 34.9 Å². The van der Waals surface area contributed by atoms with Crippen LogP contribution in [0.25, 0.3) is 0 Å².